The minimum Gasteiger partial charge on any atom is -0.294 e. The fourth-order valence-corrected chi connectivity index (χ4v) is 2.85. The number of Topliss-reactive ketones (excluding diaryl/α,β-unsaturated/α-hetero) is 1. The maximum absolute atomic E-state index is 13.5. The van der Waals surface area contributed by atoms with Crippen LogP contribution in [0.3, 0.4) is 0 Å². The Bertz CT molecular complexity index is 687. The molecule has 0 N–H and O–H groups in total. The van der Waals surface area contributed by atoms with E-state index in [4.69, 9.17) is 46.4 Å². The number of carbonyl (C=O) groups is 1. The van der Waals surface area contributed by atoms with E-state index in [9.17, 15) is 9.18 Å². The second-order valence-corrected chi connectivity index (χ2v) is 5.66. The van der Waals surface area contributed by atoms with Gasteiger partial charge in [0.05, 0.1) is 20.1 Å². The maximum atomic E-state index is 13.5. The molecule has 2 rings (SSSR count). The van der Waals surface area contributed by atoms with Gasteiger partial charge in [-0.3, -0.25) is 4.79 Å². The predicted octanol–water partition coefficient (Wildman–Crippen LogP) is 6.31. The lowest BCUT2D eigenvalue weighted by atomic mass is 9.97. The molecular weight excluding hydrogens is 345 g/mol. The number of benzene rings is 2. The van der Waals surface area contributed by atoms with Crippen molar-refractivity contribution in [2.75, 3.05) is 0 Å². The number of halogens is 5. The zero-order valence-corrected chi connectivity index (χ0v) is 13.1. The first kappa shape index (κ1) is 15.6. The standard InChI is InChI=1S/C14H7Cl4FO/c1-6(20)8-3-2-7(19)4-9(8)12-13(17)10(15)5-11(16)14(12)18/h2-5H,1H3. The highest BCUT2D eigenvalue weighted by atomic mass is 35.5. The molecular formula is C14H7Cl4FO. The second-order valence-electron chi connectivity index (χ2n) is 4.09. The molecule has 0 fully saturated rings. The molecule has 0 aliphatic rings. The van der Waals surface area contributed by atoms with Crippen LogP contribution in [0.2, 0.25) is 20.1 Å². The van der Waals surface area contributed by atoms with Gasteiger partial charge in [-0.25, -0.2) is 4.39 Å². The van der Waals surface area contributed by atoms with Gasteiger partial charge in [-0.2, -0.15) is 0 Å². The summed E-state index contributed by atoms with van der Waals surface area (Å²) in [7, 11) is 0. The van der Waals surface area contributed by atoms with E-state index in [1.807, 2.05) is 0 Å². The van der Waals surface area contributed by atoms with Crippen LogP contribution in [0.1, 0.15) is 17.3 Å². The topological polar surface area (TPSA) is 17.1 Å². The predicted molar refractivity (Wildman–Crippen MR) is 81.9 cm³/mol. The third-order valence-corrected chi connectivity index (χ3v) is 4.32. The van der Waals surface area contributed by atoms with E-state index in [0.29, 0.717) is 0 Å². The molecule has 20 heavy (non-hydrogen) atoms. The third kappa shape index (κ3) is 2.79. The summed E-state index contributed by atoms with van der Waals surface area (Å²) in [6.07, 6.45) is 0. The first-order valence-electron chi connectivity index (χ1n) is 5.46. The van der Waals surface area contributed by atoms with Crippen LogP contribution >= 0.6 is 46.4 Å². The number of ketones is 1. The van der Waals surface area contributed by atoms with E-state index >= 15 is 0 Å². The monoisotopic (exact) mass is 350 g/mol. The van der Waals surface area contributed by atoms with Crippen LogP contribution in [0.4, 0.5) is 4.39 Å². The Balaban J connectivity index is 2.88. The van der Waals surface area contributed by atoms with Gasteiger partial charge < -0.3 is 0 Å². The van der Waals surface area contributed by atoms with Crippen LogP contribution < -0.4 is 0 Å². The van der Waals surface area contributed by atoms with Crippen LogP contribution in [0.25, 0.3) is 11.1 Å². The molecule has 6 heteroatoms. The van der Waals surface area contributed by atoms with E-state index < -0.39 is 5.82 Å². The zero-order chi connectivity index (χ0) is 15.0. The number of hydrogen-bond donors (Lipinski definition) is 0. The molecule has 0 bridgehead atoms. The molecule has 0 aliphatic carbocycles. The summed E-state index contributed by atoms with van der Waals surface area (Å²) in [6.45, 7) is 1.37. The van der Waals surface area contributed by atoms with Crippen molar-refractivity contribution in [2.45, 2.75) is 6.92 Å². The lowest BCUT2D eigenvalue weighted by Crippen LogP contribution is -1.98. The molecule has 0 saturated heterocycles. The van der Waals surface area contributed by atoms with Gasteiger partial charge in [0.2, 0.25) is 0 Å². The molecule has 0 atom stereocenters. The average molecular weight is 352 g/mol. The third-order valence-electron chi connectivity index (χ3n) is 2.74. The van der Waals surface area contributed by atoms with Crippen LogP contribution in [0, 0.1) is 5.82 Å². The quantitative estimate of drug-likeness (QED) is 0.457. The summed E-state index contributed by atoms with van der Waals surface area (Å²) < 4.78 is 13.5. The van der Waals surface area contributed by atoms with Crippen LogP contribution in [-0.2, 0) is 0 Å². The van der Waals surface area contributed by atoms with Crippen molar-refractivity contribution < 1.29 is 9.18 Å². The minimum absolute atomic E-state index is 0.120. The fraction of sp³-hybridized carbons (Fsp3) is 0.0714. The smallest absolute Gasteiger partial charge is 0.160 e. The largest absolute Gasteiger partial charge is 0.294 e. The molecule has 0 radical (unpaired) electrons. The van der Waals surface area contributed by atoms with E-state index in [-0.39, 0.29) is 42.6 Å². The second kappa shape index (κ2) is 5.90. The summed E-state index contributed by atoms with van der Waals surface area (Å²) >= 11 is 24.2. The van der Waals surface area contributed by atoms with Crippen molar-refractivity contribution in [1.29, 1.82) is 0 Å². The van der Waals surface area contributed by atoms with E-state index in [1.54, 1.807) is 0 Å². The summed E-state index contributed by atoms with van der Waals surface area (Å²) in [5, 5.41) is 0.591. The summed E-state index contributed by atoms with van der Waals surface area (Å²) in [5.74, 6) is -0.767. The normalized spacial score (nSPS) is 10.7. The first-order chi connectivity index (χ1) is 9.32. The van der Waals surface area contributed by atoms with Gasteiger partial charge in [0.1, 0.15) is 5.82 Å². The molecule has 104 valence electrons. The summed E-state index contributed by atoms with van der Waals surface area (Å²) in [4.78, 5) is 11.7. The SMILES string of the molecule is CC(=O)c1ccc(F)cc1-c1c(Cl)c(Cl)cc(Cl)c1Cl. The molecule has 0 heterocycles. The van der Waals surface area contributed by atoms with Crippen LogP contribution in [-0.4, -0.2) is 5.78 Å². The van der Waals surface area contributed by atoms with Gasteiger partial charge in [-0.1, -0.05) is 46.4 Å². The first-order valence-corrected chi connectivity index (χ1v) is 6.98. The highest BCUT2D eigenvalue weighted by Crippen LogP contribution is 2.44. The average Bonchev–Trinajstić information content (AvgIpc) is 2.36. The van der Waals surface area contributed by atoms with Gasteiger partial charge in [0.25, 0.3) is 0 Å². The Morgan fingerprint density at radius 3 is 2.05 bits per heavy atom. The highest BCUT2D eigenvalue weighted by molar-refractivity contribution is 6.50. The molecule has 2 aromatic rings. The summed E-state index contributed by atoms with van der Waals surface area (Å²) in [6, 6.07) is 5.13. The molecule has 1 nitrogen and oxygen atoms in total. The van der Waals surface area contributed by atoms with Crippen molar-refractivity contribution in [1.82, 2.24) is 0 Å². The molecule has 2 aromatic carbocycles. The Labute approximate surface area is 135 Å². The van der Waals surface area contributed by atoms with Crippen molar-refractivity contribution in [3.05, 3.63) is 55.7 Å². The molecule has 0 saturated carbocycles. The fourth-order valence-electron chi connectivity index (χ4n) is 1.84. The Morgan fingerprint density at radius 1 is 1.00 bits per heavy atom. The molecule has 0 amide bonds. The Kier molecular flexibility index (Phi) is 4.60. The maximum Gasteiger partial charge on any atom is 0.160 e. The van der Waals surface area contributed by atoms with Gasteiger partial charge >= 0.3 is 0 Å². The molecule has 0 aromatic heterocycles. The van der Waals surface area contributed by atoms with Gasteiger partial charge in [-0.15, -0.1) is 0 Å². The zero-order valence-electron chi connectivity index (χ0n) is 10.1. The van der Waals surface area contributed by atoms with Gasteiger partial charge in [0.15, 0.2) is 5.78 Å². The summed E-state index contributed by atoms with van der Waals surface area (Å²) in [5.41, 5.74) is 0.793. The van der Waals surface area contributed by atoms with E-state index in [2.05, 4.69) is 0 Å². The minimum atomic E-state index is -0.520. The van der Waals surface area contributed by atoms with Crippen molar-refractivity contribution in [3.63, 3.8) is 0 Å². The van der Waals surface area contributed by atoms with Gasteiger partial charge in [0, 0.05) is 11.1 Å². The highest BCUT2D eigenvalue weighted by Gasteiger charge is 2.20. The molecule has 0 unspecified atom stereocenters. The molecule has 0 aliphatic heterocycles. The number of carbonyl (C=O) groups excluding carboxylic acids is 1. The Morgan fingerprint density at radius 2 is 1.55 bits per heavy atom. The van der Waals surface area contributed by atoms with Crippen molar-refractivity contribution >= 4 is 52.2 Å². The lowest BCUT2D eigenvalue weighted by molar-refractivity contribution is 0.101. The van der Waals surface area contributed by atoms with Crippen LogP contribution in [0.15, 0.2) is 24.3 Å². The van der Waals surface area contributed by atoms with Crippen molar-refractivity contribution in [2.24, 2.45) is 0 Å². The number of rotatable bonds is 2. The van der Waals surface area contributed by atoms with Crippen LogP contribution in [0.5, 0.6) is 0 Å². The van der Waals surface area contributed by atoms with E-state index in [1.165, 1.54) is 31.2 Å². The number of hydrogen-bond acceptors (Lipinski definition) is 1. The van der Waals surface area contributed by atoms with Crippen molar-refractivity contribution in [3.8, 4) is 11.1 Å². The van der Waals surface area contributed by atoms with Gasteiger partial charge in [-0.05, 0) is 36.8 Å². The van der Waals surface area contributed by atoms with E-state index in [0.717, 1.165) is 0 Å². The lowest BCUT2D eigenvalue weighted by Gasteiger charge is -2.13. The Hall–Kier alpha value is -0.800. The molecule has 0 spiro atoms.